The van der Waals surface area contributed by atoms with Crippen molar-refractivity contribution in [2.75, 3.05) is 13.6 Å². The van der Waals surface area contributed by atoms with Gasteiger partial charge in [-0.05, 0) is 36.6 Å². The Labute approximate surface area is 223 Å². The second kappa shape index (κ2) is 9.29. The summed E-state index contributed by atoms with van der Waals surface area (Å²) in [5, 5.41) is 16.0. The summed E-state index contributed by atoms with van der Waals surface area (Å²) in [6, 6.07) is 12.0. The van der Waals surface area contributed by atoms with Crippen LogP contribution in [0.4, 0.5) is 13.2 Å². The second-order valence-corrected chi connectivity index (χ2v) is 10.5. The Bertz CT molecular complexity index is 1450. The molecule has 2 heterocycles. The molecule has 5 nitrogen and oxygen atoms in total. The molecule has 3 aromatic carbocycles. The van der Waals surface area contributed by atoms with Crippen LogP contribution in [0.1, 0.15) is 51.6 Å². The van der Waals surface area contributed by atoms with Crippen LogP contribution in [0.3, 0.4) is 0 Å². The minimum Gasteiger partial charge on any atom is -0.480 e. The van der Waals surface area contributed by atoms with E-state index in [1.54, 1.807) is 0 Å². The molecule has 4 atom stereocenters. The Morgan fingerprint density at radius 2 is 1.97 bits per heavy atom. The number of fused-ring (bicyclic) bond motifs is 2. The lowest BCUT2D eigenvalue weighted by Gasteiger charge is -2.35. The summed E-state index contributed by atoms with van der Waals surface area (Å²) in [6.45, 7) is 0.795. The number of alkyl halides is 1. The fourth-order valence-electron chi connectivity index (χ4n) is 6.29. The Balaban J connectivity index is 1.61. The van der Waals surface area contributed by atoms with Gasteiger partial charge in [0.2, 0.25) is 0 Å². The summed E-state index contributed by atoms with van der Waals surface area (Å²) in [5.74, 6) is -2.26. The number of hydrogen-bond donors (Lipinski definition) is 3. The van der Waals surface area contributed by atoms with Gasteiger partial charge in [-0.15, -0.1) is 0 Å². The van der Waals surface area contributed by atoms with E-state index in [0.717, 1.165) is 24.9 Å². The van der Waals surface area contributed by atoms with Gasteiger partial charge >= 0.3 is 0 Å². The van der Waals surface area contributed by atoms with Gasteiger partial charge in [-0.1, -0.05) is 41.9 Å². The first-order chi connectivity index (χ1) is 18.3. The summed E-state index contributed by atoms with van der Waals surface area (Å²) >= 11 is 6.54. The molecule has 0 unspecified atom stereocenters. The van der Waals surface area contributed by atoms with Crippen LogP contribution in [-0.4, -0.2) is 36.8 Å². The van der Waals surface area contributed by atoms with Gasteiger partial charge in [0.05, 0.1) is 16.6 Å². The molecule has 2 aliphatic heterocycles. The molecule has 0 aromatic heterocycles. The monoisotopic (exact) mass is 542 g/mol. The first kappa shape index (κ1) is 25.2. The standard InChI is InChI=1S/C29H26ClF3N2O3/c1-34-28(37)16-10-14-11-19(32)27(36)22(14)26(33)24(16)23-17-13-29(21-8-5-9-35-21,15-6-3-2-4-7-15)38-20(17)12-18(31)25(23)30/h2-4,6-7,10,12,19,21,27,35-36H,5,8-9,11,13H2,1H3,(H,34,37)/t19-,21+,27+,29+/m1/s1. The molecule has 1 fully saturated rings. The molecule has 1 aliphatic carbocycles. The molecule has 198 valence electrons. The number of carbonyl (C=O) groups is 1. The van der Waals surface area contributed by atoms with Crippen LogP contribution >= 0.6 is 11.6 Å². The minimum absolute atomic E-state index is 0.0223. The Kier molecular flexibility index (Phi) is 6.17. The van der Waals surface area contributed by atoms with Gasteiger partial charge in [0, 0.05) is 48.2 Å². The third-order valence-corrected chi connectivity index (χ3v) is 8.44. The van der Waals surface area contributed by atoms with E-state index in [0.29, 0.717) is 5.56 Å². The quantitative estimate of drug-likeness (QED) is 0.426. The summed E-state index contributed by atoms with van der Waals surface area (Å²) in [5.41, 5.74) is -0.0581. The maximum absolute atomic E-state index is 16.3. The Hall–Kier alpha value is -3.07. The lowest BCUT2D eigenvalue weighted by atomic mass is 9.80. The van der Waals surface area contributed by atoms with E-state index in [2.05, 4.69) is 10.6 Å². The smallest absolute Gasteiger partial charge is 0.251 e. The number of halogens is 4. The molecule has 3 N–H and O–H groups in total. The van der Waals surface area contributed by atoms with Crippen LogP contribution in [0.5, 0.6) is 5.75 Å². The maximum Gasteiger partial charge on any atom is 0.251 e. The van der Waals surface area contributed by atoms with Crippen molar-refractivity contribution in [1.29, 1.82) is 0 Å². The normalized spacial score (nSPS) is 25.7. The number of nitrogens with one attached hydrogen (secondary N) is 2. The highest BCUT2D eigenvalue weighted by atomic mass is 35.5. The fraction of sp³-hybridized carbons (Fsp3) is 0.345. The van der Waals surface area contributed by atoms with Crippen molar-refractivity contribution in [1.82, 2.24) is 10.6 Å². The van der Waals surface area contributed by atoms with Gasteiger partial charge in [-0.25, -0.2) is 13.2 Å². The van der Waals surface area contributed by atoms with Gasteiger partial charge < -0.3 is 20.5 Å². The zero-order valence-electron chi connectivity index (χ0n) is 20.6. The molecule has 6 rings (SSSR count). The molecule has 38 heavy (non-hydrogen) atoms. The van der Waals surface area contributed by atoms with Crippen LogP contribution < -0.4 is 15.4 Å². The molecule has 3 aromatic rings. The highest BCUT2D eigenvalue weighted by molar-refractivity contribution is 6.34. The average molecular weight is 543 g/mol. The molecule has 3 aliphatic rings. The van der Waals surface area contributed by atoms with Gasteiger partial charge in [0.25, 0.3) is 5.91 Å². The zero-order valence-corrected chi connectivity index (χ0v) is 21.3. The SMILES string of the molecule is CNC(=O)c1cc2c(c(F)c1-c1c(Cl)c(F)cc3c1C[C@](c1ccccc1)([C@@H]1CCCN1)O3)[C@@H](O)[C@H](F)C2. The largest absolute Gasteiger partial charge is 0.480 e. The lowest BCUT2D eigenvalue weighted by Crippen LogP contribution is -2.48. The predicted octanol–water partition coefficient (Wildman–Crippen LogP) is 5.15. The molecule has 1 amide bonds. The molecule has 0 saturated carbocycles. The molecule has 0 bridgehead atoms. The molecule has 0 spiro atoms. The van der Waals surface area contributed by atoms with E-state index in [1.807, 2.05) is 30.3 Å². The maximum atomic E-state index is 16.3. The van der Waals surface area contributed by atoms with Crippen molar-refractivity contribution in [2.24, 2.45) is 0 Å². The number of benzene rings is 3. The number of carbonyl (C=O) groups excluding carboxylic acids is 1. The fourth-order valence-corrected chi connectivity index (χ4v) is 6.55. The highest BCUT2D eigenvalue weighted by Crippen LogP contribution is 2.53. The molecular weight excluding hydrogens is 517 g/mol. The number of rotatable bonds is 4. The van der Waals surface area contributed by atoms with E-state index in [9.17, 15) is 14.3 Å². The van der Waals surface area contributed by atoms with Crippen LogP contribution in [0, 0.1) is 11.6 Å². The Morgan fingerprint density at radius 3 is 2.66 bits per heavy atom. The Morgan fingerprint density at radius 1 is 1.21 bits per heavy atom. The number of amides is 1. The summed E-state index contributed by atoms with van der Waals surface area (Å²) in [7, 11) is 1.39. The first-order valence-electron chi connectivity index (χ1n) is 12.7. The third-order valence-electron chi connectivity index (χ3n) is 8.07. The van der Waals surface area contributed by atoms with Gasteiger partial charge in [-0.3, -0.25) is 4.79 Å². The van der Waals surface area contributed by atoms with Crippen molar-refractivity contribution in [3.8, 4) is 16.9 Å². The van der Waals surface area contributed by atoms with Crippen molar-refractivity contribution >= 4 is 17.5 Å². The number of hydrogen-bond acceptors (Lipinski definition) is 4. The molecule has 1 saturated heterocycles. The van der Waals surface area contributed by atoms with E-state index < -0.39 is 35.4 Å². The topological polar surface area (TPSA) is 70.6 Å². The van der Waals surface area contributed by atoms with Crippen molar-refractivity contribution in [3.63, 3.8) is 0 Å². The minimum atomic E-state index is -1.72. The zero-order chi connectivity index (χ0) is 26.8. The van der Waals surface area contributed by atoms with E-state index in [-0.39, 0.29) is 57.5 Å². The number of aliphatic hydroxyl groups excluding tert-OH is 1. The highest BCUT2D eigenvalue weighted by Gasteiger charge is 2.50. The van der Waals surface area contributed by atoms with Crippen LogP contribution in [-0.2, 0) is 18.4 Å². The van der Waals surface area contributed by atoms with Crippen LogP contribution in [0.25, 0.3) is 11.1 Å². The van der Waals surface area contributed by atoms with E-state index >= 15 is 8.78 Å². The number of ether oxygens (including phenoxy) is 1. The van der Waals surface area contributed by atoms with Crippen LogP contribution in [0.2, 0.25) is 5.02 Å². The molecule has 0 radical (unpaired) electrons. The van der Waals surface area contributed by atoms with Crippen molar-refractivity contribution in [2.45, 2.75) is 49.6 Å². The molecule has 9 heteroatoms. The van der Waals surface area contributed by atoms with Gasteiger partial charge in [0.15, 0.2) is 5.60 Å². The second-order valence-electron chi connectivity index (χ2n) is 10.1. The number of aliphatic hydroxyl groups is 1. The summed E-state index contributed by atoms with van der Waals surface area (Å²) < 4.78 is 52.6. The van der Waals surface area contributed by atoms with Crippen molar-refractivity contribution < 1.29 is 27.8 Å². The lowest BCUT2D eigenvalue weighted by molar-refractivity contribution is 0.0539. The van der Waals surface area contributed by atoms with E-state index in [4.69, 9.17) is 16.3 Å². The van der Waals surface area contributed by atoms with Gasteiger partial charge in [0.1, 0.15) is 29.7 Å². The average Bonchev–Trinajstić information content (AvgIpc) is 3.65. The van der Waals surface area contributed by atoms with Crippen molar-refractivity contribution in [3.05, 3.63) is 86.9 Å². The predicted molar refractivity (Wildman–Crippen MR) is 137 cm³/mol. The van der Waals surface area contributed by atoms with Crippen LogP contribution in [0.15, 0.2) is 42.5 Å². The van der Waals surface area contributed by atoms with Gasteiger partial charge in [-0.2, -0.15) is 0 Å². The third kappa shape index (κ3) is 3.65. The molecular formula is C29H26ClF3N2O3. The summed E-state index contributed by atoms with van der Waals surface area (Å²) in [6.07, 6.45) is -1.68. The summed E-state index contributed by atoms with van der Waals surface area (Å²) in [4.78, 5) is 13.0. The first-order valence-corrected chi connectivity index (χ1v) is 13.0. The van der Waals surface area contributed by atoms with E-state index in [1.165, 1.54) is 19.2 Å².